The Hall–Kier alpha value is -1.24. The minimum atomic E-state index is -0.542. The van der Waals surface area contributed by atoms with Crippen molar-refractivity contribution in [3.63, 3.8) is 0 Å². The molecule has 2 rings (SSSR count). The van der Waals surface area contributed by atoms with Gasteiger partial charge in [-0.25, -0.2) is 0 Å². The van der Waals surface area contributed by atoms with Gasteiger partial charge >= 0.3 is 0 Å². The standard InChI is InChI=1S/C11H17N3O3S/c1-6-11(17)14-4-3-7(9(14)10(16)12-6)13-8(15)5-18-2/h6-7,9H,3-5H2,1-2H3,(H,12,16)(H,13,15). The average molecular weight is 271 g/mol. The fraction of sp³-hybridized carbons (Fsp3) is 0.727. The van der Waals surface area contributed by atoms with Crippen LogP contribution in [0.3, 0.4) is 0 Å². The lowest BCUT2D eigenvalue weighted by molar-refractivity contribution is -0.147. The number of hydrogen-bond acceptors (Lipinski definition) is 4. The molecule has 6 nitrogen and oxygen atoms in total. The van der Waals surface area contributed by atoms with Gasteiger partial charge in [0, 0.05) is 6.54 Å². The van der Waals surface area contributed by atoms with Crippen LogP contribution in [0.15, 0.2) is 0 Å². The lowest BCUT2D eigenvalue weighted by Crippen LogP contribution is -2.64. The first-order valence-electron chi connectivity index (χ1n) is 5.93. The maximum atomic E-state index is 11.9. The fourth-order valence-electron chi connectivity index (χ4n) is 2.50. The van der Waals surface area contributed by atoms with Crippen LogP contribution in [0.1, 0.15) is 13.3 Å². The van der Waals surface area contributed by atoms with E-state index in [2.05, 4.69) is 10.6 Å². The van der Waals surface area contributed by atoms with Gasteiger partial charge in [-0.2, -0.15) is 11.8 Å². The van der Waals surface area contributed by atoms with Gasteiger partial charge < -0.3 is 15.5 Å². The summed E-state index contributed by atoms with van der Waals surface area (Å²) in [6.07, 6.45) is 2.48. The summed E-state index contributed by atoms with van der Waals surface area (Å²) >= 11 is 1.43. The number of fused-ring (bicyclic) bond motifs is 1. The van der Waals surface area contributed by atoms with E-state index in [0.29, 0.717) is 18.7 Å². The van der Waals surface area contributed by atoms with E-state index in [-0.39, 0.29) is 23.8 Å². The Kier molecular flexibility index (Phi) is 3.79. The van der Waals surface area contributed by atoms with Crippen molar-refractivity contribution in [2.45, 2.75) is 31.5 Å². The van der Waals surface area contributed by atoms with E-state index in [4.69, 9.17) is 0 Å². The smallest absolute Gasteiger partial charge is 0.245 e. The number of carbonyl (C=O) groups excluding carboxylic acids is 3. The Labute approximate surface area is 110 Å². The van der Waals surface area contributed by atoms with E-state index < -0.39 is 12.1 Å². The molecule has 2 aliphatic rings. The van der Waals surface area contributed by atoms with Crippen LogP contribution in [0.2, 0.25) is 0 Å². The van der Waals surface area contributed by atoms with Crippen molar-refractivity contribution in [1.29, 1.82) is 0 Å². The Morgan fingerprint density at radius 2 is 2.28 bits per heavy atom. The summed E-state index contributed by atoms with van der Waals surface area (Å²) < 4.78 is 0. The molecule has 3 atom stereocenters. The Morgan fingerprint density at radius 1 is 1.56 bits per heavy atom. The van der Waals surface area contributed by atoms with Crippen LogP contribution in [0.5, 0.6) is 0 Å². The van der Waals surface area contributed by atoms with Crippen molar-refractivity contribution < 1.29 is 14.4 Å². The molecule has 3 unspecified atom stereocenters. The van der Waals surface area contributed by atoms with E-state index in [1.54, 1.807) is 11.8 Å². The molecule has 0 aliphatic carbocycles. The molecule has 3 amide bonds. The second kappa shape index (κ2) is 5.17. The Bertz CT molecular complexity index is 388. The van der Waals surface area contributed by atoms with E-state index in [1.807, 2.05) is 6.26 Å². The molecule has 18 heavy (non-hydrogen) atoms. The summed E-state index contributed by atoms with van der Waals surface area (Å²) in [5, 5.41) is 5.48. The maximum Gasteiger partial charge on any atom is 0.245 e. The van der Waals surface area contributed by atoms with Crippen LogP contribution in [0, 0.1) is 0 Å². The lowest BCUT2D eigenvalue weighted by Gasteiger charge is -2.35. The first-order chi connectivity index (χ1) is 8.54. The minimum absolute atomic E-state index is 0.0683. The number of nitrogens with one attached hydrogen (secondary N) is 2. The number of piperazine rings is 1. The van der Waals surface area contributed by atoms with Gasteiger partial charge in [-0.15, -0.1) is 0 Å². The zero-order chi connectivity index (χ0) is 13.3. The number of rotatable bonds is 3. The van der Waals surface area contributed by atoms with Crippen LogP contribution in [0.4, 0.5) is 0 Å². The third-order valence-electron chi connectivity index (χ3n) is 3.30. The van der Waals surface area contributed by atoms with Crippen molar-refractivity contribution in [3.05, 3.63) is 0 Å². The van der Waals surface area contributed by atoms with Crippen molar-refractivity contribution in [1.82, 2.24) is 15.5 Å². The van der Waals surface area contributed by atoms with Crippen molar-refractivity contribution in [3.8, 4) is 0 Å². The number of amides is 3. The van der Waals surface area contributed by atoms with Crippen molar-refractivity contribution in [2.24, 2.45) is 0 Å². The summed E-state index contributed by atoms with van der Waals surface area (Å²) in [6, 6.07) is -1.27. The van der Waals surface area contributed by atoms with E-state index in [0.717, 1.165) is 0 Å². The second-order valence-corrected chi connectivity index (χ2v) is 5.47. The summed E-state index contributed by atoms with van der Waals surface area (Å²) in [5.41, 5.74) is 0. The summed E-state index contributed by atoms with van der Waals surface area (Å²) in [7, 11) is 0. The van der Waals surface area contributed by atoms with Crippen molar-refractivity contribution in [2.75, 3.05) is 18.6 Å². The zero-order valence-electron chi connectivity index (χ0n) is 10.4. The van der Waals surface area contributed by atoms with Gasteiger partial charge in [-0.3, -0.25) is 14.4 Å². The largest absolute Gasteiger partial charge is 0.350 e. The maximum absolute atomic E-state index is 11.9. The number of thioether (sulfide) groups is 1. The molecule has 0 bridgehead atoms. The zero-order valence-corrected chi connectivity index (χ0v) is 11.3. The first-order valence-corrected chi connectivity index (χ1v) is 7.33. The minimum Gasteiger partial charge on any atom is -0.350 e. The summed E-state index contributed by atoms with van der Waals surface area (Å²) in [6.45, 7) is 2.21. The van der Waals surface area contributed by atoms with Crippen LogP contribution >= 0.6 is 11.8 Å². The SMILES string of the molecule is CSCC(=O)NC1CCN2C(=O)C(C)NC(=O)C12. The predicted octanol–water partition coefficient (Wildman–Crippen LogP) is -1.05. The highest BCUT2D eigenvalue weighted by molar-refractivity contribution is 7.99. The summed E-state index contributed by atoms with van der Waals surface area (Å²) in [5.74, 6) is 0.0401. The van der Waals surface area contributed by atoms with Gasteiger partial charge in [0.15, 0.2) is 0 Å². The molecule has 7 heteroatoms. The average Bonchev–Trinajstić information content (AvgIpc) is 2.70. The molecule has 0 spiro atoms. The molecule has 2 aliphatic heterocycles. The third kappa shape index (κ3) is 2.31. The van der Waals surface area contributed by atoms with Gasteiger partial charge in [0.25, 0.3) is 0 Å². The monoisotopic (exact) mass is 271 g/mol. The van der Waals surface area contributed by atoms with Gasteiger partial charge in [0.05, 0.1) is 11.8 Å². The third-order valence-corrected chi connectivity index (χ3v) is 3.85. The molecule has 0 aromatic rings. The van der Waals surface area contributed by atoms with Crippen LogP contribution in [0.25, 0.3) is 0 Å². The number of hydrogen-bond donors (Lipinski definition) is 2. The predicted molar refractivity (Wildman–Crippen MR) is 68.0 cm³/mol. The van der Waals surface area contributed by atoms with E-state index >= 15 is 0 Å². The molecule has 2 saturated heterocycles. The molecule has 0 saturated carbocycles. The van der Waals surface area contributed by atoms with Crippen molar-refractivity contribution >= 4 is 29.5 Å². The summed E-state index contributed by atoms with van der Waals surface area (Å²) in [4.78, 5) is 37.0. The Balaban J connectivity index is 2.06. The molecule has 2 fully saturated rings. The highest BCUT2D eigenvalue weighted by Gasteiger charge is 2.47. The highest BCUT2D eigenvalue weighted by Crippen LogP contribution is 2.22. The second-order valence-electron chi connectivity index (χ2n) is 4.60. The Morgan fingerprint density at radius 3 is 2.94 bits per heavy atom. The lowest BCUT2D eigenvalue weighted by atomic mass is 10.0. The molecule has 2 N–H and O–H groups in total. The van der Waals surface area contributed by atoms with E-state index in [1.165, 1.54) is 11.8 Å². The molecule has 0 aromatic heterocycles. The van der Waals surface area contributed by atoms with E-state index in [9.17, 15) is 14.4 Å². The molecule has 0 radical (unpaired) electrons. The fourth-order valence-corrected chi connectivity index (χ4v) is 2.85. The highest BCUT2D eigenvalue weighted by atomic mass is 32.2. The quantitative estimate of drug-likeness (QED) is 0.687. The van der Waals surface area contributed by atoms with Gasteiger partial charge in [-0.05, 0) is 19.6 Å². The molecular weight excluding hydrogens is 254 g/mol. The van der Waals surface area contributed by atoms with Crippen LogP contribution in [-0.4, -0.2) is 59.3 Å². The normalized spacial score (nSPS) is 31.0. The molecule has 100 valence electrons. The number of nitrogens with zero attached hydrogens (tertiary/aromatic N) is 1. The van der Waals surface area contributed by atoms with Gasteiger partial charge in [0.1, 0.15) is 12.1 Å². The molecule has 2 heterocycles. The van der Waals surface area contributed by atoms with Crippen LogP contribution < -0.4 is 10.6 Å². The van der Waals surface area contributed by atoms with Crippen LogP contribution in [-0.2, 0) is 14.4 Å². The van der Waals surface area contributed by atoms with Gasteiger partial charge in [0.2, 0.25) is 17.7 Å². The molecule has 0 aromatic carbocycles. The first kappa shape index (κ1) is 13.2. The number of carbonyl (C=O) groups is 3. The molecular formula is C11H17N3O3S. The van der Waals surface area contributed by atoms with Gasteiger partial charge in [-0.1, -0.05) is 0 Å². The topological polar surface area (TPSA) is 78.5 Å².